The van der Waals surface area contributed by atoms with Crippen LogP contribution in [0, 0.1) is 34.5 Å². The van der Waals surface area contributed by atoms with E-state index in [9.17, 15) is 9.59 Å². The summed E-state index contributed by atoms with van der Waals surface area (Å²) >= 11 is 7.26. The van der Waals surface area contributed by atoms with Gasteiger partial charge in [0.05, 0.1) is 19.8 Å². The lowest BCUT2D eigenvalue weighted by Gasteiger charge is -2.22. The summed E-state index contributed by atoms with van der Waals surface area (Å²) in [5.74, 6) is 12.5. The lowest BCUT2D eigenvalue weighted by molar-refractivity contribution is -0.143. The predicted octanol–water partition coefficient (Wildman–Crippen LogP) is 9.58. The Morgan fingerprint density at radius 1 is 0.523 bits per heavy atom. The van der Waals surface area contributed by atoms with E-state index in [0.29, 0.717) is 31.2 Å². The maximum Gasteiger partial charge on any atom is 0.316 e. The molecular weight excluding hydrogens is 680 g/mol. The molecule has 0 fully saturated rings. The largest absolute Gasteiger partial charge is 0.424 e. The minimum atomic E-state index is -0.770. The first-order valence-electron chi connectivity index (χ1n) is 14.0. The topological polar surface area (TPSA) is 52.6 Å². The van der Waals surface area contributed by atoms with E-state index in [0.717, 1.165) is 11.1 Å². The molecule has 0 aromatic heterocycles. The van der Waals surface area contributed by atoms with Crippen LogP contribution in [-0.4, -0.2) is 11.9 Å². The molecule has 0 bridgehead atoms. The zero-order chi connectivity index (χ0) is 32.1. The summed E-state index contributed by atoms with van der Waals surface area (Å²) < 4.78 is 13.1. The SMILES string of the molecule is CC(C)(C)C(=O)Oc1c(Br)cc(C#Cc2ccccc2)cc1-c1cc(C#Cc2ccccc2)cc(Br)c1OC(=O)C(C)(C)C. The highest BCUT2D eigenvalue weighted by Gasteiger charge is 2.30. The quantitative estimate of drug-likeness (QED) is 0.121. The molecule has 222 valence electrons. The van der Waals surface area contributed by atoms with Crippen LogP contribution in [0.5, 0.6) is 11.5 Å². The molecule has 0 heterocycles. The van der Waals surface area contributed by atoms with Crippen LogP contribution in [0.3, 0.4) is 0 Å². The Labute approximate surface area is 276 Å². The second-order valence-corrected chi connectivity index (χ2v) is 13.9. The van der Waals surface area contributed by atoms with Crippen molar-refractivity contribution in [3.05, 3.63) is 116 Å². The van der Waals surface area contributed by atoms with Gasteiger partial charge in [0.1, 0.15) is 0 Å². The summed E-state index contributed by atoms with van der Waals surface area (Å²) in [5, 5.41) is 0. The first kappa shape index (κ1) is 32.8. The van der Waals surface area contributed by atoms with E-state index >= 15 is 0 Å². The van der Waals surface area contributed by atoms with Crippen LogP contribution in [0.1, 0.15) is 63.8 Å². The molecule has 4 nitrogen and oxygen atoms in total. The molecule has 0 saturated heterocycles. The van der Waals surface area contributed by atoms with Crippen LogP contribution >= 0.6 is 31.9 Å². The zero-order valence-electron chi connectivity index (χ0n) is 25.5. The highest BCUT2D eigenvalue weighted by molar-refractivity contribution is 9.11. The second-order valence-electron chi connectivity index (χ2n) is 12.2. The third kappa shape index (κ3) is 8.50. The zero-order valence-corrected chi connectivity index (χ0v) is 28.6. The Kier molecular flexibility index (Phi) is 10.2. The van der Waals surface area contributed by atoms with Crippen LogP contribution in [0.25, 0.3) is 11.1 Å². The van der Waals surface area contributed by atoms with E-state index in [4.69, 9.17) is 9.47 Å². The van der Waals surface area contributed by atoms with Crippen molar-refractivity contribution in [1.29, 1.82) is 0 Å². The Morgan fingerprint density at radius 2 is 0.841 bits per heavy atom. The fraction of sp³-hybridized carbons (Fsp3) is 0.211. The number of hydrogen-bond acceptors (Lipinski definition) is 4. The van der Waals surface area contributed by atoms with Crippen LogP contribution < -0.4 is 9.47 Å². The lowest BCUT2D eigenvalue weighted by Crippen LogP contribution is -2.26. The number of carbonyl (C=O) groups excluding carboxylic acids is 2. The highest BCUT2D eigenvalue weighted by atomic mass is 79.9. The molecule has 0 unspecified atom stereocenters. The third-order valence-corrected chi connectivity index (χ3v) is 7.42. The van der Waals surface area contributed by atoms with E-state index in [-0.39, 0.29) is 11.5 Å². The van der Waals surface area contributed by atoms with Gasteiger partial charge >= 0.3 is 11.9 Å². The molecule has 0 saturated carbocycles. The predicted molar refractivity (Wildman–Crippen MR) is 182 cm³/mol. The van der Waals surface area contributed by atoms with Gasteiger partial charge in [-0.1, -0.05) is 60.1 Å². The molecule has 0 amide bonds. The smallest absolute Gasteiger partial charge is 0.316 e. The molecule has 6 heteroatoms. The maximum absolute atomic E-state index is 13.2. The summed E-state index contributed by atoms with van der Waals surface area (Å²) in [5.41, 5.74) is 2.52. The van der Waals surface area contributed by atoms with Crippen LogP contribution in [0.2, 0.25) is 0 Å². The standard InChI is InChI=1S/C38H32Br2O4/c1-37(2,3)35(41)43-33-29(21-27(23-31(33)39)19-17-25-13-9-7-10-14-25)30-22-28(20-18-26-15-11-8-12-16-26)24-32(40)34(30)44-36(42)38(4,5)6/h7-16,21-24H,1-6H3. The minimum Gasteiger partial charge on any atom is -0.424 e. The van der Waals surface area contributed by atoms with Gasteiger partial charge in [-0.3, -0.25) is 9.59 Å². The van der Waals surface area contributed by atoms with Crippen LogP contribution in [0.15, 0.2) is 93.9 Å². The van der Waals surface area contributed by atoms with Crippen molar-refractivity contribution in [2.75, 3.05) is 0 Å². The minimum absolute atomic E-state index is 0.281. The normalized spacial score (nSPS) is 11.0. The van der Waals surface area contributed by atoms with Gasteiger partial charge in [0, 0.05) is 33.4 Å². The van der Waals surface area contributed by atoms with Crippen molar-refractivity contribution in [2.24, 2.45) is 10.8 Å². The number of ether oxygens (including phenoxy) is 2. The molecule has 4 aromatic rings. The molecule has 0 N–H and O–H groups in total. The molecular formula is C38H32Br2O4. The Balaban J connectivity index is 1.99. The number of carbonyl (C=O) groups is 2. The van der Waals surface area contributed by atoms with Crippen molar-refractivity contribution in [1.82, 2.24) is 0 Å². The number of hydrogen-bond donors (Lipinski definition) is 0. The molecule has 0 radical (unpaired) electrons. The van der Waals surface area contributed by atoms with Gasteiger partial charge in [0.2, 0.25) is 0 Å². The van der Waals surface area contributed by atoms with Gasteiger partial charge in [0.25, 0.3) is 0 Å². The highest BCUT2D eigenvalue weighted by Crippen LogP contribution is 2.46. The molecule has 0 spiro atoms. The van der Waals surface area contributed by atoms with E-state index in [1.165, 1.54) is 0 Å². The summed E-state index contributed by atoms with van der Waals surface area (Å²) in [7, 11) is 0. The van der Waals surface area contributed by atoms with Crippen molar-refractivity contribution >= 4 is 43.8 Å². The van der Waals surface area contributed by atoms with E-state index in [2.05, 4.69) is 55.5 Å². The molecule has 4 rings (SSSR count). The first-order chi connectivity index (χ1) is 20.7. The molecule has 0 aliphatic rings. The number of benzene rings is 4. The summed E-state index contributed by atoms with van der Waals surface area (Å²) in [4.78, 5) is 26.3. The molecule has 0 aliphatic heterocycles. The van der Waals surface area contributed by atoms with Gasteiger partial charge in [-0.05, 0) is 122 Å². The fourth-order valence-electron chi connectivity index (χ4n) is 3.76. The Hall–Kier alpha value is -4.10. The summed E-state index contributed by atoms with van der Waals surface area (Å²) in [6, 6.07) is 26.6. The summed E-state index contributed by atoms with van der Waals surface area (Å²) in [6.07, 6.45) is 0. The monoisotopic (exact) mass is 710 g/mol. The third-order valence-electron chi connectivity index (χ3n) is 6.24. The fourth-order valence-corrected chi connectivity index (χ4v) is 4.84. The molecule has 44 heavy (non-hydrogen) atoms. The van der Waals surface area contributed by atoms with Gasteiger partial charge in [0.15, 0.2) is 11.5 Å². The van der Waals surface area contributed by atoms with Gasteiger partial charge < -0.3 is 9.47 Å². The Morgan fingerprint density at radius 3 is 1.16 bits per heavy atom. The maximum atomic E-state index is 13.2. The average molecular weight is 712 g/mol. The van der Waals surface area contributed by atoms with Crippen molar-refractivity contribution in [3.63, 3.8) is 0 Å². The van der Waals surface area contributed by atoms with Crippen molar-refractivity contribution in [2.45, 2.75) is 41.5 Å². The van der Waals surface area contributed by atoms with Crippen LogP contribution in [0.4, 0.5) is 0 Å². The number of rotatable bonds is 3. The van der Waals surface area contributed by atoms with Crippen molar-refractivity contribution < 1.29 is 19.1 Å². The average Bonchev–Trinajstić information content (AvgIpc) is 2.97. The number of esters is 2. The van der Waals surface area contributed by atoms with E-state index in [1.54, 1.807) is 53.7 Å². The van der Waals surface area contributed by atoms with E-state index in [1.807, 2.05) is 72.8 Å². The lowest BCUT2D eigenvalue weighted by atomic mass is 9.95. The second kappa shape index (κ2) is 13.7. The Bertz CT molecular complexity index is 1690. The van der Waals surface area contributed by atoms with Gasteiger partial charge in [-0.15, -0.1) is 0 Å². The van der Waals surface area contributed by atoms with E-state index < -0.39 is 22.8 Å². The molecule has 0 aliphatic carbocycles. The summed E-state index contributed by atoms with van der Waals surface area (Å²) in [6.45, 7) is 10.7. The molecule has 4 aromatic carbocycles. The van der Waals surface area contributed by atoms with Crippen molar-refractivity contribution in [3.8, 4) is 46.3 Å². The van der Waals surface area contributed by atoms with Gasteiger partial charge in [-0.25, -0.2) is 0 Å². The van der Waals surface area contributed by atoms with Crippen LogP contribution in [-0.2, 0) is 9.59 Å². The molecule has 0 atom stereocenters. The van der Waals surface area contributed by atoms with Gasteiger partial charge in [-0.2, -0.15) is 0 Å². The number of halogens is 2. The first-order valence-corrected chi connectivity index (χ1v) is 15.6.